The lowest BCUT2D eigenvalue weighted by molar-refractivity contribution is -0.123. The predicted octanol–water partition coefficient (Wildman–Crippen LogP) is 2.57. The van der Waals surface area contributed by atoms with Crippen LogP contribution < -0.4 is 11.1 Å². The van der Waals surface area contributed by atoms with E-state index < -0.39 is 5.54 Å². The fourth-order valence-corrected chi connectivity index (χ4v) is 2.00. The van der Waals surface area contributed by atoms with Crippen molar-refractivity contribution in [2.45, 2.75) is 24.8 Å². The second-order valence-corrected chi connectivity index (χ2v) is 5.16. The minimum atomic E-state index is -0.613. The van der Waals surface area contributed by atoms with Crippen LogP contribution in [0.4, 0.5) is 0 Å². The molecule has 0 radical (unpaired) electrons. The van der Waals surface area contributed by atoms with Crippen LogP contribution in [0.5, 0.6) is 0 Å². The topological polar surface area (TPSA) is 55.1 Å². The summed E-state index contributed by atoms with van der Waals surface area (Å²) in [6.45, 7) is 0.526. The van der Waals surface area contributed by atoms with Crippen molar-refractivity contribution in [2.24, 2.45) is 5.73 Å². The van der Waals surface area contributed by atoms with Gasteiger partial charge < -0.3 is 11.1 Å². The highest BCUT2D eigenvalue weighted by Crippen LogP contribution is 2.32. The van der Waals surface area contributed by atoms with Gasteiger partial charge in [-0.2, -0.15) is 0 Å². The Bertz CT molecular complexity index is 447. The summed E-state index contributed by atoms with van der Waals surface area (Å²) in [5.41, 5.74) is 6.08. The third kappa shape index (κ3) is 3.51. The molecule has 0 aliphatic heterocycles. The van der Waals surface area contributed by atoms with Crippen LogP contribution in [0.3, 0.4) is 0 Å². The monoisotopic (exact) mass is 308 g/mol. The molecule has 18 heavy (non-hydrogen) atoms. The highest BCUT2D eigenvalue weighted by atomic mass is 35.5. The molecular formula is C12H15Cl3N2O. The van der Waals surface area contributed by atoms with Gasteiger partial charge in [0, 0.05) is 6.54 Å². The molecule has 3 N–H and O–H groups in total. The molecule has 1 aromatic rings. The van der Waals surface area contributed by atoms with Crippen molar-refractivity contribution in [3.05, 3.63) is 33.8 Å². The molecule has 1 aliphatic carbocycles. The summed E-state index contributed by atoms with van der Waals surface area (Å²) in [4.78, 5) is 11.6. The maximum atomic E-state index is 11.6. The number of carbonyl (C=O) groups is 1. The van der Waals surface area contributed by atoms with Crippen LogP contribution in [-0.4, -0.2) is 18.0 Å². The summed E-state index contributed by atoms with van der Waals surface area (Å²) in [6, 6.07) is 5.48. The molecule has 0 atom stereocenters. The first-order valence-electron chi connectivity index (χ1n) is 5.53. The van der Waals surface area contributed by atoms with Gasteiger partial charge in [-0.15, -0.1) is 12.4 Å². The van der Waals surface area contributed by atoms with Crippen molar-refractivity contribution < 1.29 is 4.79 Å². The van der Waals surface area contributed by atoms with Gasteiger partial charge >= 0.3 is 0 Å². The zero-order valence-electron chi connectivity index (χ0n) is 9.71. The van der Waals surface area contributed by atoms with Gasteiger partial charge in [0.1, 0.15) is 0 Å². The molecule has 0 aromatic heterocycles. The van der Waals surface area contributed by atoms with Gasteiger partial charge in [0.05, 0.1) is 15.6 Å². The van der Waals surface area contributed by atoms with Crippen molar-refractivity contribution in [1.29, 1.82) is 0 Å². The third-order valence-corrected chi connectivity index (χ3v) is 3.81. The molecule has 1 amide bonds. The second kappa shape index (κ2) is 6.11. The Morgan fingerprint density at radius 3 is 2.67 bits per heavy atom. The SMILES string of the molecule is Cl.NC1(C(=O)NCCc2cccc(Cl)c2Cl)CC1. The summed E-state index contributed by atoms with van der Waals surface area (Å²) >= 11 is 11.9. The highest BCUT2D eigenvalue weighted by molar-refractivity contribution is 6.42. The number of benzene rings is 1. The largest absolute Gasteiger partial charge is 0.354 e. The molecule has 0 saturated heterocycles. The first-order chi connectivity index (χ1) is 8.03. The average Bonchev–Trinajstić information content (AvgIpc) is 3.04. The predicted molar refractivity (Wildman–Crippen MR) is 76.6 cm³/mol. The van der Waals surface area contributed by atoms with Gasteiger partial charge in [0.2, 0.25) is 5.91 Å². The maximum Gasteiger partial charge on any atom is 0.240 e. The Hall–Kier alpha value is -0.480. The molecule has 1 fully saturated rings. The first kappa shape index (κ1) is 15.6. The highest BCUT2D eigenvalue weighted by Gasteiger charge is 2.45. The van der Waals surface area contributed by atoms with Crippen LogP contribution >= 0.6 is 35.6 Å². The van der Waals surface area contributed by atoms with Crippen LogP contribution in [0.15, 0.2) is 18.2 Å². The van der Waals surface area contributed by atoms with Crippen molar-refractivity contribution in [2.75, 3.05) is 6.54 Å². The van der Waals surface area contributed by atoms with Crippen molar-refractivity contribution in [1.82, 2.24) is 5.32 Å². The average molecular weight is 310 g/mol. The van der Waals surface area contributed by atoms with Crippen LogP contribution in [-0.2, 0) is 11.2 Å². The van der Waals surface area contributed by atoms with Crippen LogP contribution in [0.2, 0.25) is 10.0 Å². The standard InChI is InChI=1S/C12H14Cl2N2O.ClH/c13-9-3-1-2-8(10(9)14)4-7-16-11(17)12(15)5-6-12;/h1-3H,4-7,15H2,(H,16,17);1H. The minimum absolute atomic E-state index is 0. The fraction of sp³-hybridized carbons (Fsp3) is 0.417. The normalized spacial score (nSPS) is 15.7. The molecule has 6 heteroatoms. The number of halogens is 3. The summed E-state index contributed by atoms with van der Waals surface area (Å²) in [6.07, 6.45) is 2.20. The Morgan fingerprint density at radius 2 is 2.06 bits per heavy atom. The smallest absolute Gasteiger partial charge is 0.240 e. The maximum absolute atomic E-state index is 11.6. The Balaban J connectivity index is 0.00000162. The van der Waals surface area contributed by atoms with Gasteiger partial charge in [-0.3, -0.25) is 4.79 Å². The van der Waals surface area contributed by atoms with Gasteiger partial charge in [-0.25, -0.2) is 0 Å². The van der Waals surface area contributed by atoms with Crippen molar-refractivity contribution in [3.63, 3.8) is 0 Å². The zero-order valence-corrected chi connectivity index (χ0v) is 12.0. The van der Waals surface area contributed by atoms with Gasteiger partial charge in [0.25, 0.3) is 0 Å². The molecular weight excluding hydrogens is 295 g/mol. The molecule has 1 aromatic carbocycles. The zero-order chi connectivity index (χ0) is 12.5. The second-order valence-electron chi connectivity index (χ2n) is 4.37. The van der Waals surface area contributed by atoms with E-state index in [2.05, 4.69) is 5.32 Å². The van der Waals surface area contributed by atoms with Crippen molar-refractivity contribution in [3.8, 4) is 0 Å². The molecule has 0 heterocycles. The van der Waals surface area contributed by atoms with E-state index in [-0.39, 0.29) is 18.3 Å². The van der Waals surface area contributed by atoms with Gasteiger partial charge in [-0.1, -0.05) is 35.3 Å². The summed E-state index contributed by atoms with van der Waals surface area (Å²) in [5, 5.41) is 3.90. The molecule has 3 nitrogen and oxygen atoms in total. The molecule has 0 bridgehead atoms. The molecule has 0 unspecified atom stereocenters. The molecule has 1 aliphatic rings. The first-order valence-corrected chi connectivity index (χ1v) is 6.28. The number of carbonyl (C=O) groups excluding carboxylic acids is 1. The lowest BCUT2D eigenvalue weighted by Crippen LogP contribution is -2.43. The number of nitrogens with two attached hydrogens (primary N) is 1. The molecule has 0 spiro atoms. The van der Waals surface area contributed by atoms with E-state index in [0.29, 0.717) is 23.0 Å². The molecule has 2 rings (SSSR count). The van der Waals surface area contributed by atoms with E-state index in [1.807, 2.05) is 12.1 Å². The number of hydrogen-bond donors (Lipinski definition) is 2. The van der Waals surface area contributed by atoms with E-state index in [1.165, 1.54) is 0 Å². The molecule has 100 valence electrons. The summed E-state index contributed by atoms with van der Waals surface area (Å²) < 4.78 is 0. The summed E-state index contributed by atoms with van der Waals surface area (Å²) in [7, 11) is 0. The quantitative estimate of drug-likeness (QED) is 0.898. The van der Waals surface area contributed by atoms with Gasteiger partial charge in [-0.05, 0) is 30.9 Å². The van der Waals surface area contributed by atoms with E-state index in [4.69, 9.17) is 28.9 Å². The Morgan fingerprint density at radius 1 is 1.39 bits per heavy atom. The third-order valence-electron chi connectivity index (χ3n) is 2.95. The van der Waals surface area contributed by atoms with Crippen molar-refractivity contribution >= 4 is 41.5 Å². The fourth-order valence-electron chi connectivity index (χ4n) is 1.59. The van der Waals surface area contributed by atoms with Crippen LogP contribution in [0.25, 0.3) is 0 Å². The van der Waals surface area contributed by atoms with Crippen LogP contribution in [0, 0.1) is 0 Å². The summed E-state index contributed by atoms with van der Waals surface area (Å²) in [5.74, 6) is -0.0735. The lowest BCUT2D eigenvalue weighted by Gasteiger charge is -2.10. The number of nitrogens with one attached hydrogen (secondary N) is 1. The minimum Gasteiger partial charge on any atom is -0.354 e. The lowest BCUT2D eigenvalue weighted by atomic mass is 10.1. The Kier molecular flexibility index (Phi) is 5.29. The number of rotatable bonds is 4. The van der Waals surface area contributed by atoms with E-state index >= 15 is 0 Å². The number of amides is 1. The van der Waals surface area contributed by atoms with E-state index in [0.717, 1.165) is 18.4 Å². The van der Waals surface area contributed by atoms with E-state index in [1.54, 1.807) is 6.07 Å². The van der Waals surface area contributed by atoms with Crippen LogP contribution in [0.1, 0.15) is 18.4 Å². The van der Waals surface area contributed by atoms with Gasteiger partial charge in [0.15, 0.2) is 0 Å². The number of hydrogen-bond acceptors (Lipinski definition) is 2. The van der Waals surface area contributed by atoms with E-state index in [9.17, 15) is 4.79 Å². The molecule has 1 saturated carbocycles. The Labute approximate surface area is 122 Å².